The first-order valence-corrected chi connectivity index (χ1v) is 8.77. The van der Waals surface area contributed by atoms with Crippen LogP contribution in [-0.4, -0.2) is 45.8 Å². The van der Waals surface area contributed by atoms with Crippen LogP contribution in [0.2, 0.25) is 0 Å². The third-order valence-electron chi connectivity index (χ3n) is 4.73. The van der Waals surface area contributed by atoms with Crippen LogP contribution >= 0.6 is 0 Å². The van der Waals surface area contributed by atoms with E-state index in [-0.39, 0.29) is 0 Å². The molecule has 2 aromatic heterocycles. The first kappa shape index (κ1) is 15.8. The van der Waals surface area contributed by atoms with Crippen molar-refractivity contribution in [1.29, 1.82) is 0 Å². The summed E-state index contributed by atoms with van der Waals surface area (Å²) < 4.78 is 1.96. The molecular formula is C20H23N5. The van der Waals surface area contributed by atoms with Gasteiger partial charge in [-0.05, 0) is 37.3 Å². The Morgan fingerprint density at radius 2 is 1.56 bits per heavy atom. The third-order valence-corrected chi connectivity index (χ3v) is 4.73. The molecule has 0 atom stereocenters. The number of nitrogens with zero attached hydrogens (tertiary/aromatic N) is 5. The molecule has 0 saturated carbocycles. The van der Waals surface area contributed by atoms with Crippen LogP contribution in [0.15, 0.2) is 61.1 Å². The maximum absolute atomic E-state index is 4.73. The minimum absolute atomic E-state index is 0.906. The van der Waals surface area contributed by atoms with Crippen LogP contribution in [0.25, 0.3) is 5.69 Å². The van der Waals surface area contributed by atoms with Crippen LogP contribution in [-0.2, 0) is 6.54 Å². The largest absolute Gasteiger partial charge is 0.369 e. The first-order valence-electron chi connectivity index (χ1n) is 8.77. The second-order valence-electron chi connectivity index (χ2n) is 6.56. The Balaban J connectivity index is 1.35. The molecule has 5 nitrogen and oxygen atoms in total. The van der Waals surface area contributed by atoms with E-state index >= 15 is 0 Å². The Labute approximate surface area is 148 Å². The maximum atomic E-state index is 4.73. The molecule has 3 heterocycles. The summed E-state index contributed by atoms with van der Waals surface area (Å²) in [5.74, 6) is 0. The summed E-state index contributed by atoms with van der Waals surface area (Å²) in [4.78, 5) is 8.99. The zero-order valence-electron chi connectivity index (χ0n) is 14.5. The van der Waals surface area contributed by atoms with Gasteiger partial charge in [-0.15, -0.1) is 0 Å². The van der Waals surface area contributed by atoms with Crippen molar-refractivity contribution in [3.05, 3.63) is 72.3 Å². The van der Waals surface area contributed by atoms with Crippen molar-refractivity contribution in [2.24, 2.45) is 0 Å². The average molecular weight is 333 g/mol. The molecule has 128 valence electrons. The lowest BCUT2D eigenvalue weighted by atomic mass is 10.2. The minimum Gasteiger partial charge on any atom is -0.369 e. The average Bonchev–Trinajstić information content (AvgIpc) is 3.12. The summed E-state index contributed by atoms with van der Waals surface area (Å²) in [6.07, 6.45) is 5.77. The summed E-state index contributed by atoms with van der Waals surface area (Å²) in [6, 6.07) is 14.7. The van der Waals surface area contributed by atoms with Gasteiger partial charge in [0.05, 0.1) is 11.4 Å². The van der Waals surface area contributed by atoms with E-state index in [0.29, 0.717) is 0 Å². The number of pyridine rings is 1. The predicted octanol–water partition coefficient (Wildman–Crippen LogP) is 2.90. The standard InChI is InChI=1S/C20H23N5/c1-17-2-4-20(5-3-17)25-11-8-18(22-25)16-23-12-14-24(15-13-23)19-6-9-21-10-7-19/h2-11H,12-16H2,1H3. The number of aryl methyl sites for hydroxylation is 1. The van der Waals surface area contributed by atoms with E-state index in [2.05, 4.69) is 64.2 Å². The quantitative estimate of drug-likeness (QED) is 0.736. The van der Waals surface area contributed by atoms with E-state index < -0.39 is 0 Å². The lowest BCUT2D eigenvalue weighted by Crippen LogP contribution is -2.46. The molecule has 5 heteroatoms. The molecule has 3 aromatic rings. The van der Waals surface area contributed by atoms with Gasteiger partial charge in [-0.25, -0.2) is 4.68 Å². The molecule has 0 amide bonds. The highest BCUT2D eigenvalue weighted by atomic mass is 15.3. The zero-order valence-corrected chi connectivity index (χ0v) is 14.5. The normalized spacial score (nSPS) is 15.5. The van der Waals surface area contributed by atoms with Gasteiger partial charge in [0.25, 0.3) is 0 Å². The second-order valence-corrected chi connectivity index (χ2v) is 6.56. The maximum Gasteiger partial charge on any atom is 0.0769 e. The van der Waals surface area contributed by atoms with Gasteiger partial charge in [0.15, 0.2) is 0 Å². The van der Waals surface area contributed by atoms with Gasteiger partial charge in [0.2, 0.25) is 0 Å². The molecule has 0 unspecified atom stereocenters. The molecule has 4 rings (SSSR count). The summed E-state index contributed by atoms with van der Waals surface area (Å²) in [5.41, 5.74) is 4.76. The predicted molar refractivity (Wildman–Crippen MR) is 100 cm³/mol. The van der Waals surface area contributed by atoms with Crippen LogP contribution in [0.4, 0.5) is 5.69 Å². The zero-order chi connectivity index (χ0) is 17.1. The Kier molecular flexibility index (Phi) is 4.48. The topological polar surface area (TPSA) is 37.2 Å². The number of aromatic nitrogens is 3. The van der Waals surface area contributed by atoms with Crippen LogP contribution in [0, 0.1) is 6.92 Å². The van der Waals surface area contributed by atoms with E-state index in [1.165, 1.54) is 11.3 Å². The molecule has 1 aliphatic heterocycles. The summed E-state index contributed by atoms with van der Waals surface area (Å²) in [5, 5.41) is 4.73. The van der Waals surface area contributed by atoms with Gasteiger partial charge in [0, 0.05) is 57.0 Å². The van der Waals surface area contributed by atoms with Crippen LogP contribution in [0.1, 0.15) is 11.3 Å². The summed E-state index contributed by atoms with van der Waals surface area (Å²) >= 11 is 0. The van der Waals surface area contributed by atoms with Crippen LogP contribution in [0.3, 0.4) is 0 Å². The van der Waals surface area contributed by atoms with Gasteiger partial charge in [-0.2, -0.15) is 5.10 Å². The van der Waals surface area contributed by atoms with E-state index in [9.17, 15) is 0 Å². The van der Waals surface area contributed by atoms with E-state index in [0.717, 1.165) is 44.1 Å². The first-order chi connectivity index (χ1) is 12.3. The Morgan fingerprint density at radius 3 is 2.28 bits per heavy atom. The fraction of sp³-hybridized carbons (Fsp3) is 0.300. The number of hydrogen-bond acceptors (Lipinski definition) is 4. The van der Waals surface area contributed by atoms with Gasteiger partial charge in [-0.1, -0.05) is 17.7 Å². The number of benzene rings is 1. The highest BCUT2D eigenvalue weighted by Crippen LogP contribution is 2.16. The van der Waals surface area contributed by atoms with Crippen LogP contribution in [0.5, 0.6) is 0 Å². The van der Waals surface area contributed by atoms with Gasteiger partial charge >= 0.3 is 0 Å². The van der Waals surface area contributed by atoms with Gasteiger partial charge in [0.1, 0.15) is 0 Å². The van der Waals surface area contributed by atoms with E-state index in [4.69, 9.17) is 5.10 Å². The molecule has 0 radical (unpaired) electrons. The van der Waals surface area contributed by atoms with Crippen molar-refractivity contribution < 1.29 is 0 Å². The van der Waals surface area contributed by atoms with Crippen molar-refractivity contribution in [3.63, 3.8) is 0 Å². The highest BCUT2D eigenvalue weighted by molar-refractivity contribution is 5.45. The SMILES string of the molecule is Cc1ccc(-n2ccc(CN3CCN(c4ccncc4)CC3)n2)cc1. The lowest BCUT2D eigenvalue weighted by Gasteiger charge is -2.35. The lowest BCUT2D eigenvalue weighted by molar-refractivity contribution is 0.246. The van der Waals surface area contributed by atoms with Crippen molar-refractivity contribution >= 4 is 5.69 Å². The molecular weight excluding hydrogens is 310 g/mol. The van der Waals surface area contributed by atoms with E-state index in [1.807, 2.05) is 23.3 Å². The van der Waals surface area contributed by atoms with Crippen molar-refractivity contribution in [2.45, 2.75) is 13.5 Å². The Morgan fingerprint density at radius 1 is 0.840 bits per heavy atom. The van der Waals surface area contributed by atoms with E-state index in [1.54, 1.807) is 0 Å². The molecule has 1 saturated heterocycles. The fourth-order valence-corrected chi connectivity index (χ4v) is 3.24. The molecule has 0 bridgehead atoms. The third kappa shape index (κ3) is 3.72. The highest BCUT2D eigenvalue weighted by Gasteiger charge is 2.18. The van der Waals surface area contributed by atoms with Crippen LogP contribution < -0.4 is 4.90 Å². The van der Waals surface area contributed by atoms with Gasteiger partial charge in [-0.3, -0.25) is 9.88 Å². The van der Waals surface area contributed by atoms with Gasteiger partial charge < -0.3 is 4.90 Å². The molecule has 0 spiro atoms. The number of anilines is 1. The molecule has 25 heavy (non-hydrogen) atoms. The number of hydrogen-bond donors (Lipinski definition) is 0. The Bertz CT molecular complexity index is 802. The number of piperazine rings is 1. The monoisotopic (exact) mass is 333 g/mol. The molecule has 1 aromatic carbocycles. The summed E-state index contributed by atoms with van der Waals surface area (Å²) in [6.45, 7) is 7.21. The van der Waals surface area contributed by atoms with Crippen molar-refractivity contribution in [2.75, 3.05) is 31.1 Å². The van der Waals surface area contributed by atoms with Crippen molar-refractivity contribution in [3.8, 4) is 5.69 Å². The second kappa shape index (κ2) is 7.07. The minimum atomic E-state index is 0.906. The fourth-order valence-electron chi connectivity index (χ4n) is 3.24. The molecule has 1 aliphatic rings. The number of rotatable bonds is 4. The molecule has 1 fully saturated rings. The summed E-state index contributed by atoms with van der Waals surface area (Å²) in [7, 11) is 0. The smallest absolute Gasteiger partial charge is 0.0769 e. The van der Waals surface area contributed by atoms with Crippen molar-refractivity contribution in [1.82, 2.24) is 19.7 Å². The molecule has 0 aliphatic carbocycles. The molecule has 0 N–H and O–H groups in total. The Hall–Kier alpha value is -2.66.